The average molecular weight is 345 g/mol. The van der Waals surface area contributed by atoms with E-state index < -0.39 is 6.10 Å². The molecular formula is C20H19N5O. The van der Waals surface area contributed by atoms with Crippen LogP contribution in [0.1, 0.15) is 35.2 Å². The number of rotatable bonds is 3. The molecule has 0 spiro atoms. The van der Waals surface area contributed by atoms with Gasteiger partial charge in [-0.1, -0.05) is 36.4 Å². The van der Waals surface area contributed by atoms with Gasteiger partial charge in [-0.15, -0.1) is 0 Å². The van der Waals surface area contributed by atoms with Crippen molar-refractivity contribution in [1.29, 1.82) is 5.26 Å². The Hall–Kier alpha value is -3.17. The first kappa shape index (κ1) is 16.3. The molecular weight excluding hydrogens is 326 g/mol. The van der Waals surface area contributed by atoms with Gasteiger partial charge in [0.25, 0.3) is 0 Å². The molecule has 1 aromatic carbocycles. The number of aliphatic hydroxyl groups is 1. The molecule has 130 valence electrons. The first-order chi connectivity index (χ1) is 12.7. The van der Waals surface area contributed by atoms with Gasteiger partial charge in [0, 0.05) is 13.1 Å². The summed E-state index contributed by atoms with van der Waals surface area (Å²) in [6.07, 6.45) is 0.192. The van der Waals surface area contributed by atoms with Crippen molar-refractivity contribution in [3.63, 3.8) is 0 Å². The molecule has 0 aliphatic carbocycles. The van der Waals surface area contributed by atoms with Gasteiger partial charge in [0.05, 0.1) is 17.9 Å². The lowest BCUT2D eigenvalue weighted by Gasteiger charge is -2.21. The van der Waals surface area contributed by atoms with Crippen LogP contribution in [0.25, 0.3) is 0 Å². The van der Waals surface area contributed by atoms with E-state index in [0.29, 0.717) is 17.9 Å². The van der Waals surface area contributed by atoms with E-state index in [0.717, 1.165) is 36.6 Å². The smallest absolute Gasteiger partial charge is 0.142 e. The van der Waals surface area contributed by atoms with Gasteiger partial charge in [0.2, 0.25) is 0 Å². The lowest BCUT2D eigenvalue weighted by Crippen LogP contribution is -2.23. The van der Waals surface area contributed by atoms with Crippen LogP contribution >= 0.6 is 0 Å². The van der Waals surface area contributed by atoms with Gasteiger partial charge in [-0.3, -0.25) is 4.68 Å². The fourth-order valence-corrected chi connectivity index (χ4v) is 3.28. The molecule has 0 amide bonds. The average Bonchev–Trinajstić information content (AvgIpc) is 2.99. The number of hydrogen-bond donors (Lipinski definition) is 1. The van der Waals surface area contributed by atoms with Crippen LogP contribution in [-0.4, -0.2) is 26.4 Å². The van der Waals surface area contributed by atoms with Crippen LogP contribution in [0, 0.1) is 11.3 Å². The van der Waals surface area contributed by atoms with Crippen LogP contribution in [0.4, 0.5) is 5.82 Å². The summed E-state index contributed by atoms with van der Waals surface area (Å²) in [6.45, 7) is 2.30. The molecule has 0 radical (unpaired) electrons. The summed E-state index contributed by atoms with van der Waals surface area (Å²) in [5.41, 5.74) is 2.95. The molecule has 1 aliphatic heterocycles. The maximum Gasteiger partial charge on any atom is 0.142 e. The molecule has 0 saturated carbocycles. The molecule has 0 unspecified atom stereocenters. The molecule has 1 atom stereocenters. The normalized spacial score (nSPS) is 15.0. The van der Waals surface area contributed by atoms with E-state index in [1.807, 2.05) is 53.2 Å². The van der Waals surface area contributed by atoms with Crippen molar-refractivity contribution in [2.24, 2.45) is 0 Å². The number of nitriles is 1. The monoisotopic (exact) mass is 345 g/mol. The molecule has 6 nitrogen and oxygen atoms in total. The van der Waals surface area contributed by atoms with E-state index >= 15 is 0 Å². The van der Waals surface area contributed by atoms with Crippen molar-refractivity contribution in [3.8, 4) is 6.07 Å². The SMILES string of the molecule is N#Cc1cccc(N2CCCn3nc([C@@H](O)c4ccccc4)cc3C2)n1. The summed E-state index contributed by atoms with van der Waals surface area (Å²) >= 11 is 0. The van der Waals surface area contributed by atoms with Crippen LogP contribution in [0.3, 0.4) is 0 Å². The summed E-state index contributed by atoms with van der Waals surface area (Å²) in [4.78, 5) is 6.56. The molecule has 2 aromatic heterocycles. The molecule has 3 heterocycles. The number of nitrogens with zero attached hydrogens (tertiary/aromatic N) is 5. The predicted molar refractivity (Wildman–Crippen MR) is 97.3 cm³/mol. The highest BCUT2D eigenvalue weighted by atomic mass is 16.3. The number of hydrogen-bond acceptors (Lipinski definition) is 5. The fraction of sp³-hybridized carbons (Fsp3) is 0.250. The lowest BCUT2D eigenvalue weighted by atomic mass is 10.1. The third-order valence-electron chi connectivity index (χ3n) is 4.60. The zero-order valence-electron chi connectivity index (χ0n) is 14.3. The molecule has 6 heteroatoms. The number of anilines is 1. The van der Waals surface area contributed by atoms with Crippen molar-refractivity contribution >= 4 is 5.82 Å². The molecule has 1 N–H and O–H groups in total. The van der Waals surface area contributed by atoms with Gasteiger partial charge >= 0.3 is 0 Å². The van der Waals surface area contributed by atoms with E-state index in [1.165, 1.54) is 0 Å². The Morgan fingerprint density at radius 1 is 1.08 bits per heavy atom. The number of aliphatic hydroxyl groups excluding tert-OH is 1. The van der Waals surface area contributed by atoms with E-state index in [-0.39, 0.29) is 0 Å². The molecule has 0 saturated heterocycles. The van der Waals surface area contributed by atoms with Crippen molar-refractivity contribution in [2.75, 3.05) is 11.4 Å². The molecule has 1 aliphatic rings. The van der Waals surface area contributed by atoms with Crippen LogP contribution in [0.15, 0.2) is 54.6 Å². The standard InChI is InChI=1S/C20H19N5O/c21-13-16-8-4-9-19(22-16)24-10-5-11-25-17(14-24)12-18(23-25)20(26)15-6-2-1-3-7-15/h1-4,6-9,12,20,26H,5,10-11,14H2/t20-/m0/s1. The minimum atomic E-state index is -0.732. The summed E-state index contributed by atoms with van der Waals surface area (Å²) < 4.78 is 1.97. The molecule has 0 bridgehead atoms. The molecule has 4 rings (SSSR count). The van der Waals surface area contributed by atoms with Gasteiger partial charge in [0.15, 0.2) is 0 Å². The van der Waals surface area contributed by atoms with Gasteiger partial charge in [0.1, 0.15) is 23.7 Å². The Morgan fingerprint density at radius 2 is 1.92 bits per heavy atom. The predicted octanol–water partition coefficient (Wildman–Crippen LogP) is 2.64. The number of aryl methyl sites for hydroxylation is 1. The highest BCUT2D eigenvalue weighted by molar-refractivity contribution is 5.42. The quantitative estimate of drug-likeness (QED) is 0.789. The highest BCUT2D eigenvalue weighted by Crippen LogP contribution is 2.25. The second kappa shape index (κ2) is 6.98. The Kier molecular flexibility index (Phi) is 4.38. The van der Waals surface area contributed by atoms with Crippen molar-refractivity contribution < 1.29 is 5.11 Å². The Morgan fingerprint density at radius 3 is 2.73 bits per heavy atom. The lowest BCUT2D eigenvalue weighted by molar-refractivity contribution is 0.214. The van der Waals surface area contributed by atoms with Crippen LogP contribution in [-0.2, 0) is 13.1 Å². The van der Waals surface area contributed by atoms with Crippen LogP contribution in [0.5, 0.6) is 0 Å². The van der Waals surface area contributed by atoms with E-state index in [9.17, 15) is 5.11 Å². The third kappa shape index (κ3) is 3.17. The minimum absolute atomic E-state index is 0.417. The minimum Gasteiger partial charge on any atom is -0.382 e. The van der Waals surface area contributed by atoms with Crippen LogP contribution < -0.4 is 4.90 Å². The number of pyridine rings is 1. The second-order valence-electron chi connectivity index (χ2n) is 6.36. The zero-order chi connectivity index (χ0) is 17.9. The van der Waals surface area contributed by atoms with E-state index in [2.05, 4.69) is 21.1 Å². The summed E-state index contributed by atoms with van der Waals surface area (Å²) in [5.74, 6) is 0.795. The highest BCUT2D eigenvalue weighted by Gasteiger charge is 2.21. The first-order valence-corrected chi connectivity index (χ1v) is 8.66. The maximum atomic E-state index is 10.6. The molecule has 26 heavy (non-hydrogen) atoms. The Balaban J connectivity index is 1.61. The third-order valence-corrected chi connectivity index (χ3v) is 4.60. The zero-order valence-corrected chi connectivity index (χ0v) is 14.3. The number of fused-ring (bicyclic) bond motifs is 1. The largest absolute Gasteiger partial charge is 0.382 e. The number of aromatic nitrogens is 3. The van der Waals surface area contributed by atoms with Gasteiger partial charge in [-0.2, -0.15) is 10.4 Å². The van der Waals surface area contributed by atoms with E-state index in [4.69, 9.17) is 5.26 Å². The van der Waals surface area contributed by atoms with Gasteiger partial charge < -0.3 is 10.0 Å². The molecule has 0 fully saturated rings. The second-order valence-corrected chi connectivity index (χ2v) is 6.36. The van der Waals surface area contributed by atoms with Crippen molar-refractivity contribution in [3.05, 3.63) is 77.2 Å². The summed E-state index contributed by atoms with van der Waals surface area (Å²) in [7, 11) is 0. The Bertz CT molecular complexity index is 944. The van der Waals surface area contributed by atoms with Crippen molar-refractivity contribution in [2.45, 2.75) is 25.6 Å². The maximum absolute atomic E-state index is 10.6. The Labute approximate surface area is 152 Å². The topological polar surface area (TPSA) is 78.0 Å². The van der Waals surface area contributed by atoms with Gasteiger partial charge in [-0.25, -0.2) is 4.98 Å². The molecule has 3 aromatic rings. The summed E-state index contributed by atoms with van der Waals surface area (Å²) in [5, 5.41) is 24.3. The van der Waals surface area contributed by atoms with Crippen molar-refractivity contribution in [1.82, 2.24) is 14.8 Å². The van der Waals surface area contributed by atoms with Gasteiger partial charge in [-0.05, 0) is 30.2 Å². The fourth-order valence-electron chi connectivity index (χ4n) is 3.28. The summed E-state index contributed by atoms with van der Waals surface area (Å²) in [6, 6.07) is 19.1. The van der Waals surface area contributed by atoms with Crippen LogP contribution in [0.2, 0.25) is 0 Å². The first-order valence-electron chi connectivity index (χ1n) is 8.66. The number of benzene rings is 1. The van der Waals surface area contributed by atoms with E-state index in [1.54, 1.807) is 6.07 Å².